The first-order chi connectivity index (χ1) is 11.0. The van der Waals surface area contributed by atoms with Crippen LogP contribution in [-0.2, 0) is 9.47 Å². The number of allylic oxidation sites excluding steroid dienone is 2. The van der Waals surface area contributed by atoms with Gasteiger partial charge in [0.2, 0.25) is 0 Å². The quantitative estimate of drug-likeness (QED) is 0.861. The number of hydrogen-bond donors (Lipinski definition) is 1. The monoisotopic (exact) mass is 308 g/mol. The first-order valence-corrected chi connectivity index (χ1v) is 7.04. The number of nitriles is 3. The zero-order valence-corrected chi connectivity index (χ0v) is 13.0. The SMILES string of the molecule is CC1(C)COC(c2cccc(NC(C#N)=C(C#N)C#N)c2)OC1. The van der Waals surface area contributed by atoms with E-state index in [0.717, 1.165) is 5.56 Å². The zero-order chi connectivity index (χ0) is 16.9. The van der Waals surface area contributed by atoms with Gasteiger partial charge in [-0.15, -0.1) is 0 Å². The molecule has 0 aliphatic carbocycles. The van der Waals surface area contributed by atoms with Gasteiger partial charge in [-0.05, 0) is 12.1 Å². The molecule has 0 aromatic heterocycles. The highest BCUT2D eigenvalue weighted by atomic mass is 16.7. The third-order valence-corrected chi connectivity index (χ3v) is 3.26. The van der Waals surface area contributed by atoms with Gasteiger partial charge < -0.3 is 14.8 Å². The minimum absolute atomic E-state index is 0.0163. The van der Waals surface area contributed by atoms with Gasteiger partial charge in [0.15, 0.2) is 11.9 Å². The molecule has 116 valence electrons. The average molecular weight is 308 g/mol. The van der Waals surface area contributed by atoms with E-state index in [1.54, 1.807) is 30.3 Å². The van der Waals surface area contributed by atoms with Crippen LogP contribution in [0.3, 0.4) is 0 Å². The lowest BCUT2D eigenvalue weighted by Gasteiger charge is -2.34. The second-order valence-electron chi connectivity index (χ2n) is 5.95. The second-order valence-corrected chi connectivity index (χ2v) is 5.95. The fourth-order valence-corrected chi connectivity index (χ4v) is 2.08. The van der Waals surface area contributed by atoms with E-state index in [1.807, 2.05) is 12.1 Å². The zero-order valence-electron chi connectivity index (χ0n) is 13.0. The van der Waals surface area contributed by atoms with Gasteiger partial charge >= 0.3 is 0 Å². The minimum Gasteiger partial charge on any atom is -0.348 e. The molecule has 2 rings (SSSR count). The fraction of sp³-hybridized carbons (Fsp3) is 0.353. The molecule has 1 aliphatic heterocycles. The van der Waals surface area contributed by atoms with Crippen LogP contribution >= 0.6 is 0 Å². The molecule has 0 amide bonds. The highest BCUT2D eigenvalue weighted by Gasteiger charge is 2.29. The number of rotatable bonds is 3. The van der Waals surface area contributed by atoms with Crippen LogP contribution in [0.2, 0.25) is 0 Å². The minimum atomic E-state index is -0.467. The summed E-state index contributed by atoms with van der Waals surface area (Å²) in [6, 6.07) is 12.4. The predicted octanol–water partition coefficient (Wildman–Crippen LogP) is 2.99. The molecule has 1 aromatic rings. The molecule has 0 radical (unpaired) electrons. The molecule has 1 aliphatic rings. The lowest BCUT2D eigenvalue weighted by molar-refractivity contribution is -0.226. The first kappa shape index (κ1) is 16.5. The normalized spacial score (nSPS) is 16.5. The maximum atomic E-state index is 9.07. The number of nitrogens with zero attached hydrogens (tertiary/aromatic N) is 3. The van der Waals surface area contributed by atoms with Crippen LogP contribution in [0.25, 0.3) is 0 Å². The van der Waals surface area contributed by atoms with Gasteiger partial charge in [-0.3, -0.25) is 0 Å². The van der Waals surface area contributed by atoms with Crippen molar-refractivity contribution >= 4 is 5.69 Å². The summed E-state index contributed by atoms with van der Waals surface area (Å²) in [6.45, 7) is 5.31. The fourth-order valence-electron chi connectivity index (χ4n) is 2.08. The van der Waals surface area contributed by atoms with E-state index < -0.39 is 6.29 Å². The van der Waals surface area contributed by atoms with Crippen molar-refractivity contribution in [2.24, 2.45) is 5.41 Å². The maximum Gasteiger partial charge on any atom is 0.183 e. The van der Waals surface area contributed by atoms with Crippen molar-refractivity contribution in [1.29, 1.82) is 15.8 Å². The average Bonchev–Trinajstić information content (AvgIpc) is 2.55. The molecular formula is C17H16N4O2. The molecule has 23 heavy (non-hydrogen) atoms. The molecule has 6 nitrogen and oxygen atoms in total. The summed E-state index contributed by atoms with van der Waals surface area (Å²) < 4.78 is 11.4. The van der Waals surface area contributed by atoms with Crippen molar-refractivity contribution in [3.63, 3.8) is 0 Å². The molecule has 1 aromatic carbocycles. The van der Waals surface area contributed by atoms with Gasteiger partial charge in [-0.1, -0.05) is 26.0 Å². The number of benzene rings is 1. The van der Waals surface area contributed by atoms with E-state index in [4.69, 9.17) is 25.3 Å². The number of nitrogens with one attached hydrogen (secondary N) is 1. The lowest BCUT2D eigenvalue weighted by Crippen LogP contribution is -2.33. The van der Waals surface area contributed by atoms with Crippen LogP contribution in [0.5, 0.6) is 0 Å². The Morgan fingerprint density at radius 3 is 2.35 bits per heavy atom. The standard InChI is InChI=1S/C17H16N4O2/c1-17(2)10-22-16(23-11-17)12-4-3-5-14(6-12)21-15(9-20)13(7-18)8-19/h3-6,16,21H,10-11H2,1-2H3. The molecule has 6 heteroatoms. The summed E-state index contributed by atoms with van der Waals surface area (Å²) in [6.07, 6.45) is -0.467. The van der Waals surface area contributed by atoms with Gasteiger partial charge in [-0.25, -0.2) is 0 Å². The predicted molar refractivity (Wildman–Crippen MR) is 82.4 cm³/mol. The van der Waals surface area contributed by atoms with Crippen molar-refractivity contribution in [2.45, 2.75) is 20.1 Å². The van der Waals surface area contributed by atoms with Gasteiger partial charge in [0, 0.05) is 16.7 Å². The Balaban J connectivity index is 2.19. The number of ether oxygens (including phenoxy) is 2. The van der Waals surface area contributed by atoms with Crippen LogP contribution in [-0.4, -0.2) is 13.2 Å². The van der Waals surface area contributed by atoms with Crippen molar-refractivity contribution in [1.82, 2.24) is 0 Å². The van der Waals surface area contributed by atoms with Crippen molar-refractivity contribution in [2.75, 3.05) is 18.5 Å². The highest BCUT2D eigenvalue weighted by molar-refractivity contribution is 5.59. The molecule has 1 saturated heterocycles. The van der Waals surface area contributed by atoms with E-state index in [1.165, 1.54) is 0 Å². The van der Waals surface area contributed by atoms with Crippen molar-refractivity contribution < 1.29 is 9.47 Å². The second kappa shape index (κ2) is 6.94. The maximum absolute atomic E-state index is 9.07. The molecule has 1 fully saturated rings. The van der Waals surface area contributed by atoms with E-state index in [-0.39, 0.29) is 16.7 Å². The Morgan fingerprint density at radius 2 is 1.78 bits per heavy atom. The first-order valence-electron chi connectivity index (χ1n) is 7.04. The molecule has 0 bridgehead atoms. The summed E-state index contributed by atoms with van der Waals surface area (Å²) in [4.78, 5) is 0. The van der Waals surface area contributed by atoms with Gasteiger partial charge in [-0.2, -0.15) is 15.8 Å². The summed E-state index contributed by atoms with van der Waals surface area (Å²) in [5.41, 5.74) is 1.03. The van der Waals surface area contributed by atoms with E-state index in [2.05, 4.69) is 19.2 Å². The van der Waals surface area contributed by atoms with E-state index in [0.29, 0.717) is 18.9 Å². The largest absolute Gasteiger partial charge is 0.348 e. The van der Waals surface area contributed by atoms with E-state index >= 15 is 0 Å². The molecule has 0 unspecified atom stereocenters. The summed E-state index contributed by atoms with van der Waals surface area (Å²) in [5, 5.41) is 29.6. The van der Waals surface area contributed by atoms with E-state index in [9.17, 15) is 0 Å². The molecule has 0 atom stereocenters. The Hall–Kier alpha value is -2.85. The third kappa shape index (κ3) is 4.08. The molecule has 1 heterocycles. The smallest absolute Gasteiger partial charge is 0.183 e. The Morgan fingerprint density at radius 1 is 1.13 bits per heavy atom. The van der Waals surface area contributed by atoms with Crippen molar-refractivity contribution in [3.8, 4) is 18.2 Å². The molecular weight excluding hydrogens is 292 g/mol. The van der Waals surface area contributed by atoms with Crippen LogP contribution in [0.1, 0.15) is 25.7 Å². The summed E-state index contributed by atoms with van der Waals surface area (Å²) >= 11 is 0. The Kier molecular flexibility index (Phi) is 4.98. The Bertz CT molecular complexity index is 721. The van der Waals surface area contributed by atoms with Gasteiger partial charge in [0.25, 0.3) is 0 Å². The molecule has 0 spiro atoms. The van der Waals surface area contributed by atoms with Gasteiger partial charge in [0.1, 0.15) is 23.9 Å². The van der Waals surface area contributed by atoms with Crippen LogP contribution < -0.4 is 5.32 Å². The molecule has 1 N–H and O–H groups in total. The van der Waals surface area contributed by atoms with Crippen LogP contribution in [0.4, 0.5) is 5.69 Å². The van der Waals surface area contributed by atoms with Crippen LogP contribution in [0, 0.1) is 39.4 Å². The van der Waals surface area contributed by atoms with Crippen LogP contribution in [0.15, 0.2) is 35.5 Å². The van der Waals surface area contributed by atoms with Crippen molar-refractivity contribution in [3.05, 3.63) is 41.1 Å². The summed E-state index contributed by atoms with van der Waals surface area (Å²) in [5.74, 6) is 0. The topological polar surface area (TPSA) is 102 Å². The lowest BCUT2D eigenvalue weighted by atomic mass is 9.95. The highest BCUT2D eigenvalue weighted by Crippen LogP contribution is 2.32. The number of anilines is 1. The summed E-state index contributed by atoms with van der Waals surface area (Å²) in [7, 11) is 0. The van der Waals surface area contributed by atoms with Gasteiger partial charge in [0.05, 0.1) is 13.2 Å². The Labute approximate surface area is 135 Å². The number of hydrogen-bond acceptors (Lipinski definition) is 6. The molecule has 0 saturated carbocycles. The third-order valence-electron chi connectivity index (χ3n) is 3.26.